The Kier molecular flexibility index (Phi) is 5.84. The highest BCUT2D eigenvalue weighted by Gasteiger charge is 2.38. The molecule has 1 N–H and O–H groups in total. The zero-order valence-electron chi connectivity index (χ0n) is 14.8. The molecule has 1 heterocycles. The zero-order chi connectivity index (χ0) is 17.2. The van der Waals surface area contributed by atoms with Crippen molar-refractivity contribution >= 4 is 23.8 Å². The van der Waals surface area contributed by atoms with Crippen molar-refractivity contribution < 1.29 is 14.3 Å². The van der Waals surface area contributed by atoms with Gasteiger partial charge in [-0.15, -0.1) is 11.8 Å². The molecule has 0 aromatic heterocycles. The average Bonchev–Trinajstić information content (AvgIpc) is 3.11. The number of carbonyl (C=O) groups is 2. The molecule has 2 fully saturated rings. The molecule has 2 aliphatic rings. The average molecular weight is 343 g/mol. The third-order valence-electron chi connectivity index (χ3n) is 4.13. The number of carbonyl (C=O) groups excluding carboxylic acids is 2. The summed E-state index contributed by atoms with van der Waals surface area (Å²) in [5.41, 5.74) is -0.548. The molecule has 7 heteroatoms. The van der Waals surface area contributed by atoms with Gasteiger partial charge in [0.1, 0.15) is 11.6 Å². The number of hydrogen-bond acceptors (Lipinski definition) is 5. The van der Waals surface area contributed by atoms with E-state index in [2.05, 4.69) is 10.2 Å². The SMILES string of the molecule is CN(C)C(CNC(=O)[C@H]1CSCN1C(=O)OC(C)(C)C)C1CC1. The largest absolute Gasteiger partial charge is 0.444 e. The van der Waals surface area contributed by atoms with Gasteiger partial charge in [0, 0.05) is 18.3 Å². The number of thioether (sulfide) groups is 1. The number of amides is 2. The van der Waals surface area contributed by atoms with Gasteiger partial charge in [-0.05, 0) is 53.6 Å². The highest BCUT2D eigenvalue weighted by molar-refractivity contribution is 7.99. The molecule has 1 saturated heterocycles. The molecule has 0 aromatic rings. The molecule has 1 saturated carbocycles. The van der Waals surface area contributed by atoms with Gasteiger partial charge < -0.3 is 15.0 Å². The molecule has 1 aliphatic carbocycles. The Hall–Kier alpha value is -0.950. The van der Waals surface area contributed by atoms with E-state index in [1.165, 1.54) is 17.7 Å². The van der Waals surface area contributed by atoms with Gasteiger partial charge >= 0.3 is 6.09 Å². The minimum absolute atomic E-state index is 0.0756. The van der Waals surface area contributed by atoms with Crippen molar-refractivity contribution in [2.45, 2.75) is 51.3 Å². The first-order chi connectivity index (χ1) is 10.7. The third-order valence-corrected chi connectivity index (χ3v) is 5.14. The summed E-state index contributed by atoms with van der Waals surface area (Å²) in [6, 6.07) is -0.0557. The molecule has 2 amide bonds. The molecular weight excluding hydrogens is 314 g/mol. The van der Waals surface area contributed by atoms with Crippen LogP contribution >= 0.6 is 11.8 Å². The van der Waals surface area contributed by atoms with E-state index in [0.29, 0.717) is 30.1 Å². The maximum atomic E-state index is 12.5. The van der Waals surface area contributed by atoms with Crippen molar-refractivity contribution in [3.63, 3.8) is 0 Å². The first kappa shape index (κ1) is 18.4. The first-order valence-electron chi connectivity index (χ1n) is 8.20. The summed E-state index contributed by atoms with van der Waals surface area (Å²) >= 11 is 1.59. The van der Waals surface area contributed by atoms with E-state index in [1.807, 2.05) is 34.9 Å². The Morgan fingerprint density at radius 3 is 2.52 bits per heavy atom. The Morgan fingerprint density at radius 1 is 1.35 bits per heavy atom. The summed E-state index contributed by atoms with van der Waals surface area (Å²) in [5, 5.41) is 3.03. The Bertz CT molecular complexity index is 444. The monoisotopic (exact) mass is 343 g/mol. The second kappa shape index (κ2) is 7.30. The predicted octanol–water partition coefficient (Wildman–Crippen LogP) is 1.75. The third kappa shape index (κ3) is 5.28. The van der Waals surface area contributed by atoms with Crippen LogP contribution in [0.25, 0.3) is 0 Å². The normalized spacial score (nSPS) is 23.0. The van der Waals surface area contributed by atoms with E-state index in [0.717, 1.165) is 0 Å². The summed E-state index contributed by atoms with van der Waals surface area (Å²) in [7, 11) is 4.10. The summed E-state index contributed by atoms with van der Waals surface area (Å²) in [4.78, 5) is 28.5. The van der Waals surface area contributed by atoms with E-state index < -0.39 is 17.7 Å². The van der Waals surface area contributed by atoms with Crippen LogP contribution in [0.2, 0.25) is 0 Å². The van der Waals surface area contributed by atoms with Gasteiger partial charge in [0.15, 0.2) is 0 Å². The quantitative estimate of drug-likeness (QED) is 0.824. The molecule has 23 heavy (non-hydrogen) atoms. The van der Waals surface area contributed by atoms with Gasteiger partial charge in [-0.1, -0.05) is 0 Å². The Morgan fingerprint density at radius 2 is 2.00 bits per heavy atom. The highest BCUT2D eigenvalue weighted by atomic mass is 32.2. The topological polar surface area (TPSA) is 61.9 Å². The first-order valence-corrected chi connectivity index (χ1v) is 9.36. The minimum atomic E-state index is -0.548. The van der Waals surface area contributed by atoms with Crippen molar-refractivity contribution in [1.82, 2.24) is 15.1 Å². The van der Waals surface area contributed by atoms with Crippen LogP contribution in [0.5, 0.6) is 0 Å². The fraction of sp³-hybridized carbons (Fsp3) is 0.875. The van der Waals surface area contributed by atoms with Gasteiger partial charge in [0.2, 0.25) is 5.91 Å². The molecule has 6 nitrogen and oxygen atoms in total. The standard InChI is InChI=1S/C16H29N3O3S/c1-16(2,3)22-15(21)19-10-23-9-13(19)14(20)17-8-12(18(4)5)11-6-7-11/h11-13H,6-10H2,1-5H3,(H,17,20)/t12?,13-/m1/s1. The summed E-state index contributed by atoms with van der Waals surface area (Å²) in [6.45, 7) is 6.14. The number of hydrogen-bond donors (Lipinski definition) is 1. The smallest absolute Gasteiger partial charge is 0.411 e. The van der Waals surface area contributed by atoms with Crippen LogP contribution in [0, 0.1) is 5.92 Å². The van der Waals surface area contributed by atoms with Crippen molar-refractivity contribution in [3.8, 4) is 0 Å². The molecule has 0 radical (unpaired) electrons. The molecule has 0 bridgehead atoms. The lowest BCUT2D eigenvalue weighted by Gasteiger charge is -2.29. The lowest BCUT2D eigenvalue weighted by molar-refractivity contribution is -0.125. The Labute approximate surface area is 143 Å². The Balaban J connectivity index is 1.88. The van der Waals surface area contributed by atoms with Crippen molar-refractivity contribution in [2.24, 2.45) is 5.92 Å². The van der Waals surface area contributed by atoms with Crippen LogP contribution in [0.3, 0.4) is 0 Å². The molecule has 132 valence electrons. The van der Waals surface area contributed by atoms with Crippen LogP contribution in [-0.2, 0) is 9.53 Å². The molecule has 1 aliphatic heterocycles. The van der Waals surface area contributed by atoms with E-state index >= 15 is 0 Å². The second-order valence-electron chi connectivity index (χ2n) is 7.58. The van der Waals surface area contributed by atoms with Gasteiger partial charge in [0.05, 0.1) is 5.88 Å². The van der Waals surface area contributed by atoms with Crippen LogP contribution < -0.4 is 5.32 Å². The zero-order valence-corrected chi connectivity index (χ0v) is 15.6. The molecule has 0 spiro atoms. The number of ether oxygens (including phenoxy) is 1. The molecule has 0 aromatic carbocycles. The van der Waals surface area contributed by atoms with Crippen molar-refractivity contribution in [2.75, 3.05) is 32.3 Å². The van der Waals surface area contributed by atoms with Crippen LogP contribution in [0.4, 0.5) is 4.79 Å². The van der Waals surface area contributed by atoms with Gasteiger partial charge in [-0.25, -0.2) is 4.79 Å². The van der Waals surface area contributed by atoms with Gasteiger partial charge in [-0.3, -0.25) is 9.69 Å². The van der Waals surface area contributed by atoms with E-state index in [-0.39, 0.29) is 5.91 Å². The van der Waals surface area contributed by atoms with Crippen LogP contribution in [-0.4, -0.2) is 71.8 Å². The second-order valence-corrected chi connectivity index (χ2v) is 8.58. The molecule has 2 atom stereocenters. The molecule has 1 unspecified atom stereocenters. The van der Waals surface area contributed by atoms with Crippen LogP contribution in [0.15, 0.2) is 0 Å². The van der Waals surface area contributed by atoms with E-state index in [4.69, 9.17) is 4.74 Å². The summed E-state index contributed by atoms with van der Waals surface area (Å²) in [5.74, 6) is 1.74. The lowest BCUT2D eigenvalue weighted by Crippen LogP contribution is -2.51. The van der Waals surface area contributed by atoms with Gasteiger partial charge in [0.25, 0.3) is 0 Å². The van der Waals surface area contributed by atoms with Crippen LogP contribution in [0.1, 0.15) is 33.6 Å². The predicted molar refractivity (Wildman–Crippen MR) is 92.4 cm³/mol. The van der Waals surface area contributed by atoms with Gasteiger partial charge in [-0.2, -0.15) is 0 Å². The lowest BCUT2D eigenvalue weighted by atomic mass is 10.1. The van der Waals surface area contributed by atoms with Crippen molar-refractivity contribution in [3.05, 3.63) is 0 Å². The van der Waals surface area contributed by atoms with E-state index in [1.54, 1.807) is 11.8 Å². The fourth-order valence-corrected chi connectivity index (χ4v) is 3.88. The molecule has 2 rings (SSSR count). The number of nitrogens with zero attached hydrogens (tertiary/aromatic N) is 2. The van der Waals surface area contributed by atoms with Crippen molar-refractivity contribution in [1.29, 1.82) is 0 Å². The molecular formula is C16H29N3O3S. The van der Waals surface area contributed by atoms with E-state index in [9.17, 15) is 9.59 Å². The number of rotatable bonds is 5. The highest BCUT2D eigenvalue weighted by Crippen LogP contribution is 2.34. The maximum Gasteiger partial charge on any atom is 0.411 e. The fourth-order valence-electron chi connectivity index (χ4n) is 2.74. The maximum absolute atomic E-state index is 12.5. The minimum Gasteiger partial charge on any atom is -0.444 e. The number of nitrogens with one attached hydrogen (secondary N) is 1. The summed E-state index contributed by atoms with van der Waals surface area (Å²) in [6.07, 6.45) is 2.07. The summed E-state index contributed by atoms with van der Waals surface area (Å²) < 4.78 is 5.40. The number of likely N-dealkylation sites (N-methyl/N-ethyl adjacent to an activating group) is 1.